The minimum absolute atomic E-state index is 0.418. The first-order valence-electron chi connectivity index (χ1n) is 7.30. The summed E-state index contributed by atoms with van der Waals surface area (Å²) in [5.74, 6) is 0. The first-order valence-corrected chi connectivity index (χ1v) is 7.30. The van der Waals surface area contributed by atoms with Crippen LogP contribution in [0.25, 0.3) is 10.8 Å². The van der Waals surface area contributed by atoms with Crippen molar-refractivity contribution in [3.8, 4) is 0 Å². The first-order chi connectivity index (χ1) is 9.88. The number of rotatable bonds is 4. The van der Waals surface area contributed by atoms with Crippen molar-refractivity contribution in [3.05, 3.63) is 60.7 Å². The quantitative estimate of drug-likeness (QED) is 0.781. The maximum atomic E-state index is 5.47. The molecular formula is C18H21NO. The Hall–Kier alpha value is -1.64. The summed E-state index contributed by atoms with van der Waals surface area (Å²) in [6, 6.07) is 15.8. The molecule has 0 radical (unpaired) electrons. The van der Waals surface area contributed by atoms with Crippen LogP contribution in [0.3, 0.4) is 0 Å². The van der Waals surface area contributed by atoms with E-state index in [2.05, 4.69) is 53.9 Å². The molecule has 1 saturated heterocycles. The van der Waals surface area contributed by atoms with E-state index in [9.17, 15) is 0 Å². The van der Waals surface area contributed by atoms with Crippen LogP contribution in [0.5, 0.6) is 0 Å². The lowest BCUT2D eigenvalue weighted by Crippen LogP contribution is -2.38. The number of fused-ring (bicyclic) bond motifs is 1. The lowest BCUT2D eigenvalue weighted by atomic mass is 9.98. The summed E-state index contributed by atoms with van der Waals surface area (Å²) in [5, 5.41) is 2.61. The zero-order valence-corrected chi connectivity index (χ0v) is 11.8. The molecule has 0 saturated carbocycles. The molecule has 3 rings (SSSR count). The molecule has 2 aromatic rings. The van der Waals surface area contributed by atoms with Gasteiger partial charge in [0.1, 0.15) is 0 Å². The SMILES string of the molecule is C=CCC(c1ccc2ccccc2c1)N1CCOCC1. The Bertz CT molecular complexity index is 587. The standard InChI is InChI=1S/C18H21NO/c1-2-5-18(19-10-12-20-13-11-19)17-9-8-15-6-3-4-7-16(15)14-17/h2-4,6-9,14,18H,1,5,10-13H2. The van der Waals surface area contributed by atoms with E-state index in [4.69, 9.17) is 4.74 Å². The van der Waals surface area contributed by atoms with E-state index < -0.39 is 0 Å². The Balaban J connectivity index is 1.93. The summed E-state index contributed by atoms with van der Waals surface area (Å²) in [7, 11) is 0. The zero-order chi connectivity index (χ0) is 13.8. The largest absolute Gasteiger partial charge is 0.379 e. The molecule has 0 amide bonds. The third-order valence-corrected chi connectivity index (χ3v) is 4.03. The minimum Gasteiger partial charge on any atom is -0.379 e. The summed E-state index contributed by atoms with van der Waals surface area (Å²) in [5.41, 5.74) is 1.38. The third-order valence-electron chi connectivity index (χ3n) is 4.03. The molecule has 0 aromatic heterocycles. The number of ether oxygens (including phenoxy) is 1. The van der Waals surface area contributed by atoms with Gasteiger partial charge in [-0.2, -0.15) is 0 Å². The Morgan fingerprint density at radius 1 is 1.10 bits per heavy atom. The number of nitrogens with zero attached hydrogens (tertiary/aromatic N) is 1. The predicted octanol–water partition coefficient (Wildman–Crippen LogP) is 3.79. The molecule has 2 aromatic carbocycles. The number of hydrogen-bond acceptors (Lipinski definition) is 2. The van der Waals surface area contributed by atoms with E-state index >= 15 is 0 Å². The number of morpholine rings is 1. The summed E-state index contributed by atoms with van der Waals surface area (Å²) < 4.78 is 5.47. The second-order valence-electron chi connectivity index (χ2n) is 5.30. The normalized spacial score (nSPS) is 18.0. The van der Waals surface area contributed by atoms with Crippen molar-refractivity contribution in [1.82, 2.24) is 4.90 Å². The second-order valence-corrected chi connectivity index (χ2v) is 5.30. The van der Waals surface area contributed by atoms with Crippen molar-refractivity contribution >= 4 is 10.8 Å². The van der Waals surface area contributed by atoms with Crippen molar-refractivity contribution in [2.24, 2.45) is 0 Å². The van der Waals surface area contributed by atoms with Gasteiger partial charge in [-0.25, -0.2) is 0 Å². The lowest BCUT2D eigenvalue weighted by Gasteiger charge is -2.34. The van der Waals surface area contributed by atoms with Crippen molar-refractivity contribution in [3.63, 3.8) is 0 Å². The van der Waals surface area contributed by atoms with Crippen LogP contribution in [0, 0.1) is 0 Å². The molecule has 1 atom stereocenters. The van der Waals surface area contributed by atoms with Gasteiger partial charge in [-0.3, -0.25) is 4.90 Å². The fourth-order valence-corrected chi connectivity index (χ4v) is 2.96. The average Bonchev–Trinajstić information content (AvgIpc) is 2.53. The van der Waals surface area contributed by atoms with E-state index in [1.807, 2.05) is 6.08 Å². The lowest BCUT2D eigenvalue weighted by molar-refractivity contribution is 0.0167. The minimum atomic E-state index is 0.418. The van der Waals surface area contributed by atoms with E-state index in [0.717, 1.165) is 32.7 Å². The molecule has 1 unspecified atom stereocenters. The van der Waals surface area contributed by atoms with Crippen LogP contribution in [0.1, 0.15) is 18.0 Å². The Morgan fingerprint density at radius 2 is 1.85 bits per heavy atom. The van der Waals surface area contributed by atoms with Crippen molar-refractivity contribution in [2.45, 2.75) is 12.5 Å². The molecule has 2 heteroatoms. The highest BCUT2D eigenvalue weighted by Gasteiger charge is 2.21. The molecule has 1 aliphatic heterocycles. The molecule has 1 heterocycles. The van der Waals surface area contributed by atoms with Gasteiger partial charge in [-0.05, 0) is 28.8 Å². The van der Waals surface area contributed by atoms with E-state index in [1.54, 1.807) is 0 Å². The third kappa shape index (κ3) is 2.77. The Kier molecular flexibility index (Phi) is 4.14. The van der Waals surface area contributed by atoms with Crippen LogP contribution >= 0.6 is 0 Å². The number of hydrogen-bond donors (Lipinski definition) is 0. The van der Waals surface area contributed by atoms with Gasteiger partial charge >= 0.3 is 0 Å². The van der Waals surface area contributed by atoms with Gasteiger partial charge in [-0.15, -0.1) is 6.58 Å². The van der Waals surface area contributed by atoms with E-state index in [1.165, 1.54) is 16.3 Å². The number of benzene rings is 2. The highest BCUT2D eigenvalue weighted by molar-refractivity contribution is 5.83. The topological polar surface area (TPSA) is 12.5 Å². The predicted molar refractivity (Wildman–Crippen MR) is 83.9 cm³/mol. The van der Waals surface area contributed by atoms with Gasteiger partial charge in [0.2, 0.25) is 0 Å². The second kappa shape index (κ2) is 6.21. The average molecular weight is 267 g/mol. The summed E-state index contributed by atoms with van der Waals surface area (Å²) in [6.07, 6.45) is 3.01. The smallest absolute Gasteiger partial charge is 0.0594 e. The van der Waals surface area contributed by atoms with Crippen LogP contribution in [0.4, 0.5) is 0 Å². The zero-order valence-electron chi connectivity index (χ0n) is 11.8. The summed E-state index contributed by atoms with van der Waals surface area (Å²) in [6.45, 7) is 7.60. The van der Waals surface area contributed by atoms with E-state index in [0.29, 0.717) is 6.04 Å². The van der Waals surface area contributed by atoms with Gasteiger partial charge in [0, 0.05) is 19.1 Å². The highest BCUT2D eigenvalue weighted by atomic mass is 16.5. The first kappa shape index (κ1) is 13.3. The summed E-state index contributed by atoms with van der Waals surface area (Å²) in [4.78, 5) is 2.51. The van der Waals surface area contributed by atoms with Crippen molar-refractivity contribution < 1.29 is 4.74 Å². The molecule has 0 bridgehead atoms. The summed E-state index contributed by atoms with van der Waals surface area (Å²) >= 11 is 0. The monoisotopic (exact) mass is 267 g/mol. The molecule has 2 nitrogen and oxygen atoms in total. The molecule has 0 N–H and O–H groups in total. The molecule has 104 valence electrons. The molecule has 1 aliphatic rings. The van der Waals surface area contributed by atoms with Crippen LogP contribution < -0.4 is 0 Å². The molecule has 1 fully saturated rings. The Labute approximate surface area is 120 Å². The maximum absolute atomic E-state index is 5.47. The highest BCUT2D eigenvalue weighted by Crippen LogP contribution is 2.28. The molecule has 20 heavy (non-hydrogen) atoms. The molecule has 0 spiro atoms. The van der Waals surface area contributed by atoms with E-state index in [-0.39, 0.29) is 0 Å². The van der Waals surface area contributed by atoms with Crippen molar-refractivity contribution in [2.75, 3.05) is 26.3 Å². The van der Waals surface area contributed by atoms with Gasteiger partial charge in [0.05, 0.1) is 13.2 Å². The van der Waals surface area contributed by atoms with Gasteiger partial charge in [0.15, 0.2) is 0 Å². The van der Waals surface area contributed by atoms with Crippen LogP contribution in [-0.2, 0) is 4.74 Å². The van der Waals surface area contributed by atoms with Gasteiger partial charge < -0.3 is 4.74 Å². The van der Waals surface area contributed by atoms with Gasteiger partial charge in [0.25, 0.3) is 0 Å². The fourth-order valence-electron chi connectivity index (χ4n) is 2.96. The van der Waals surface area contributed by atoms with Gasteiger partial charge in [-0.1, -0.05) is 42.5 Å². The van der Waals surface area contributed by atoms with Crippen LogP contribution in [0.2, 0.25) is 0 Å². The fraction of sp³-hybridized carbons (Fsp3) is 0.333. The Morgan fingerprint density at radius 3 is 2.60 bits per heavy atom. The van der Waals surface area contributed by atoms with Crippen molar-refractivity contribution in [1.29, 1.82) is 0 Å². The maximum Gasteiger partial charge on any atom is 0.0594 e. The van der Waals surface area contributed by atoms with Crippen LogP contribution in [0.15, 0.2) is 55.1 Å². The molecular weight excluding hydrogens is 246 g/mol. The molecule has 0 aliphatic carbocycles. The van der Waals surface area contributed by atoms with Crippen LogP contribution in [-0.4, -0.2) is 31.2 Å².